The molecule has 1 saturated heterocycles. The minimum Gasteiger partial charge on any atom is -0.466 e. The second-order valence-corrected chi connectivity index (χ2v) is 4.97. The summed E-state index contributed by atoms with van der Waals surface area (Å²) in [5, 5.41) is 0. The van der Waals surface area contributed by atoms with Crippen molar-refractivity contribution in [2.24, 2.45) is 11.8 Å². The first kappa shape index (κ1) is 15.2. The Bertz CT molecular complexity index is 277. The molecular weight excluding hydrogens is 232 g/mol. The fourth-order valence-corrected chi connectivity index (χ4v) is 2.73. The summed E-state index contributed by atoms with van der Waals surface area (Å²) in [6.45, 7) is 6.26. The van der Waals surface area contributed by atoms with E-state index in [2.05, 4.69) is 6.92 Å². The number of aldehydes is 1. The average molecular weight is 256 g/mol. The van der Waals surface area contributed by atoms with Gasteiger partial charge in [-0.2, -0.15) is 0 Å². The van der Waals surface area contributed by atoms with E-state index in [0.29, 0.717) is 6.61 Å². The number of carbonyl (C=O) groups is 2. The molecule has 0 radical (unpaired) electrons. The molecule has 104 valence electrons. The third-order valence-corrected chi connectivity index (χ3v) is 3.59. The van der Waals surface area contributed by atoms with Gasteiger partial charge in [-0.05, 0) is 39.0 Å². The predicted molar refractivity (Wildman–Crippen MR) is 68.2 cm³/mol. The summed E-state index contributed by atoms with van der Waals surface area (Å²) in [4.78, 5) is 22.7. The van der Waals surface area contributed by atoms with Gasteiger partial charge in [0, 0.05) is 6.42 Å². The van der Waals surface area contributed by atoms with E-state index in [1.807, 2.05) is 6.92 Å². The van der Waals surface area contributed by atoms with Crippen molar-refractivity contribution in [3.63, 3.8) is 0 Å². The first-order valence-corrected chi connectivity index (χ1v) is 6.88. The molecule has 18 heavy (non-hydrogen) atoms. The van der Waals surface area contributed by atoms with Gasteiger partial charge in [-0.3, -0.25) is 4.79 Å². The van der Waals surface area contributed by atoms with Gasteiger partial charge in [0.2, 0.25) is 0 Å². The van der Waals surface area contributed by atoms with Crippen molar-refractivity contribution >= 4 is 12.3 Å². The van der Waals surface area contributed by atoms with Crippen molar-refractivity contribution < 1.29 is 19.1 Å². The van der Waals surface area contributed by atoms with Crippen molar-refractivity contribution in [2.75, 3.05) is 6.61 Å². The summed E-state index contributed by atoms with van der Waals surface area (Å²) < 4.78 is 10.9. The smallest absolute Gasteiger partial charge is 0.309 e. The minimum absolute atomic E-state index is 0.150. The Morgan fingerprint density at radius 2 is 2.17 bits per heavy atom. The topological polar surface area (TPSA) is 52.6 Å². The number of ether oxygens (including phenoxy) is 2. The Kier molecular flexibility index (Phi) is 6.33. The predicted octanol–water partition coefficient (Wildman–Crippen LogP) is 2.35. The fourth-order valence-electron chi connectivity index (χ4n) is 2.73. The van der Waals surface area contributed by atoms with Crippen LogP contribution in [0.15, 0.2) is 0 Å². The molecule has 0 bridgehead atoms. The number of esters is 1. The van der Waals surface area contributed by atoms with Crippen molar-refractivity contribution in [3.8, 4) is 0 Å². The van der Waals surface area contributed by atoms with Gasteiger partial charge in [-0.25, -0.2) is 0 Å². The standard InChI is InChI=1S/C14H24O4/c1-4-12-9-11(8-10(3)18-12)13(6-7-15)14(16)17-5-2/h7,10-13H,4-6,8-9H2,1-3H3/t10-,11+,12-,13-/m1/s1. The normalized spacial score (nSPS) is 29.6. The Morgan fingerprint density at radius 3 is 2.72 bits per heavy atom. The zero-order valence-electron chi connectivity index (χ0n) is 11.6. The van der Waals surface area contributed by atoms with Crippen molar-refractivity contribution in [1.29, 1.82) is 0 Å². The molecule has 1 aliphatic heterocycles. The molecule has 4 heteroatoms. The third kappa shape index (κ3) is 4.09. The van der Waals surface area contributed by atoms with Crippen LogP contribution >= 0.6 is 0 Å². The van der Waals surface area contributed by atoms with Crippen molar-refractivity contribution in [2.45, 2.75) is 58.7 Å². The largest absolute Gasteiger partial charge is 0.466 e. The molecule has 0 unspecified atom stereocenters. The maximum atomic E-state index is 11.9. The molecule has 0 aliphatic carbocycles. The highest BCUT2D eigenvalue weighted by molar-refractivity contribution is 5.75. The molecule has 4 atom stereocenters. The number of hydrogen-bond acceptors (Lipinski definition) is 4. The quantitative estimate of drug-likeness (QED) is 0.540. The molecule has 0 aromatic carbocycles. The molecular formula is C14H24O4. The second-order valence-electron chi connectivity index (χ2n) is 4.97. The molecule has 0 amide bonds. The average Bonchev–Trinajstić information content (AvgIpc) is 2.35. The van der Waals surface area contributed by atoms with Gasteiger partial charge in [-0.1, -0.05) is 6.92 Å². The van der Waals surface area contributed by atoms with Crippen LogP contribution in [-0.4, -0.2) is 31.1 Å². The van der Waals surface area contributed by atoms with Crippen LogP contribution in [0.2, 0.25) is 0 Å². The van der Waals surface area contributed by atoms with Crippen LogP contribution in [0.4, 0.5) is 0 Å². The summed E-state index contributed by atoms with van der Waals surface area (Å²) in [6.07, 6.45) is 4.04. The molecule has 1 aliphatic rings. The molecule has 1 fully saturated rings. The lowest BCUT2D eigenvalue weighted by molar-refractivity contribution is -0.155. The summed E-state index contributed by atoms with van der Waals surface area (Å²) in [7, 11) is 0. The van der Waals surface area contributed by atoms with E-state index in [4.69, 9.17) is 9.47 Å². The van der Waals surface area contributed by atoms with Crippen molar-refractivity contribution in [3.05, 3.63) is 0 Å². The number of carbonyl (C=O) groups excluding carboxylic acids is 2. The first-order valence-electron chi connectivity index (χ1n) is 6.88. The van der Waals surface area contributed by atoms with E-state index in [1.54, 1.807) is 6.92 Å². The summed E-state index contributed by atoms with van der Waals surface area (Å²) >= 11 is 0. The van der Waals surface area contributed by atoms with Crippen LogP contribution in [0.25, 0.3) is 0 Å². The van der Waals surface area contributed by atoms with E-state index >= 15 is 0 Å². The van der Waals surface area contributed by atoms with Gasteiger partial charge >= 0.3 is 5.97 Å². The Labute approximate surface area is 109 Å². The van der Waals surface area contributed by atoms with Gasteiger partial charge in [-0.15, -0.1) is 0 Å². The molecule has 0 N–H and O–H groups in total. The second kappa shape index (κ2) is 7.52. The highest BCUT2D eigenvalue weighted by Crippen LogP contribution is 2.33. The van der Waals surface area contributed by atoms with E-state index in [9.17, 15) is 9.59 Å². The maximum Gasteiger partial charge on any atom is 0.309 e. The van der Waals surface area contributed by atoms with Gasteiger partial charge in [0.1, 0.15) is 6.29 Å². The lowest BCUT2D eigenvalue weighted by Gasteiger charge is -2.36. The SMILES string of the molecule is CCOC(=O)[C@H](CC=O)[C@@H]1C[C@@H](CC)O[C@H](C)C1. The van der Waals surface area contributed by atoms with Crippen LogP contribution in [-0.2, 0) is 19.1 Å². The van der Waals surface area contributed by atoms with Crippen molar-refractivity contribution in [1.82, 2.24) is 0 Å². The maximum absolute atomic E-state index is 11.9. The van der Waals surface area contributed by atoms with Gasteiger partial charge in [0.25, 0.3) is 0 Å². The molecule has 4 nitrogen and oxygen atoms in total. The summed E-state index contributed by atoms with van der Waals surface area (Å²) in [6, 6.07) is 0. The molecule has 0 saturated carbocycles. The van der Waals surface area contributed by atoms with E-state index in [-0.39, 0.29) is 36.4 Å². The molecule has 0 spiro atoms. The fraction of sp³-hybridized carbons (Fsp3) is 0.857. The van der Waals surface area contributed by atoms with Gasteiger partial charge < -0.3 is 14.3 Å². The number of rotatable bonds is 6. The van der Waals surface area contributed by atoms with E-state index in [1.165, 1.54) is 0 Å². The van der Waals surface area contributed by atoms with Crippen LogP contribution in [0.1, 0.15) is 46.5 Å². The molecule has 1 heterocycles. The zero-order chi connectivity index (χ0) is 13.5. The van der Waals surface area contributed by atoms with Crippen LogP contribution in [0, 0.1) is 11.8 Å². The molecule has 1 rings (SSSR count). The third-order valence-electron chi connectivity index (χ3n) is 3.59. The number of hydrogen-bond donors (Lipinski definition) is 0. The van der Waals surface area contributed by atoms with Crippen LogP contribution in [0.3, 0.4) is 0 Å². The lowest BCUT2D eigenvalue weighted by atomic mass is 9.79. The Balaban J connectivity index is 2.71. The molecule has 0 aromatic rings. The Morgan fingerprint density at radius 1 is 1.44 bits per heavy atom. The highest BCUT2D eigenvalue weighted by Gasteiger charge is 2.35. The minimum atomic E-state index is -0.303. The summed E-state index contributed by atoms with van der Waals surface area (Å²) in [5.74, 6) is -0.343. The highest BCUT2D eigenvalue weighted by atomic mass is 16.5. The van der Waals surface area contributed by atoms with E-state index < -0.39 is 0 Å². The van der Waals surface area contributed by atoms with Gasteiger partial charge in [0.15, 0.2) is 0 Å². The van der Waals surface area contributed by atoms with Gasteiger partial charge in [0.05, 0.1) is 24.7 Å². The summed E-state index contributed by atoms with van der Waals surface area (Å²) in [5.41, 5.74) is 0. The monoisotopic (exact) mass is 256 g/mol. The lowest BCUT2D eigenvalue weighted by Crippen LogP contribution is -2.37. The van der Waals surface area contributed by atoms with Crippen LogP contribution < -0.4 is 0 Å². The first-order chi connectivity index (χ1) is 8.62. The zero-order valence-corrected chi connectivity index (χ0v) is 11.6. The van der Waals surface area contributed by atoms with Crippen LogP contribution in [0.5, 0.6) is 0 Å². The van der Waals surface area contributed by atoms with E-state index in [0.717, 1.165) is 25.5 Å². The Hall–Kier alpha value is -0.900. The molecule has 0 aromatic heterocycles.